The second-order valence-electron chi connectivity index (χ2n) is 7.47. The Morgan fingerprint density at radius 3 is 2.89 bits per heavy atom. The molecule has 1 saturated carbocycles. The third kappa shape index (κ3) is 2.82. The molecule has 0 saturated heterocycles. The second kappa shape index (κ2) is 6.49. The Morgan fingerprint density at radius 1 is 1.15 bits per heavy atom. The number of rotatable bonds is 3. The number of aromatic nitrogens is 2. The lowest BCUT2D eigenvalue weighted by molar-refractivity contribution is 0.638. The van der Waals surface area contributed by atoms with Crippen molar-refractivity contribution in [1.82, 2.24) is 9.97 Å². The number of hydrogen-bond acceptors (Lipinski definition) is 3. The van der Waals surface area contributed by atoms with Crippen LogP contribution < -0.4 is 0 Å². The van der Waals surface area contributed by atoms with Gasteiger partial charge in [-0.2, -0.15) is 0 Å². The van der Waals surface area contributed by atoms with Crippen molar-refractivity contribution in [3.63, 3.8) is 0 Å². The molecule has 0 N–H and O–H groups in total. The van der Waals surface area contributed by atoms with E-state index in [1.54, 1.807) is 6.07 Å². The molecular formula is C24H24N2O. The topological polar surface area (TPSA) is 38.9 Å². The summed E-state index contributed by atoms with van der Waals surface area (Å²) in [6, 6.07) is 13.8. The van der Waals surface area contributed by atoms with Crippen LogP contribution in [0.25, 0.3) is 33.3 Å². The quantitative estimate of drug-likeness (QED) is 0.402. The van der Waals surface area contributed by atoms with Crippen molar-refractivity contribution in [2.45, 2.75) is 51.3 Å². The van der Waals surface area contributed by atoms with Crippen molar-refractivity contribution in [2.24, 2.45) is 0 Å². The van der Waals surface area contributed by atoms with Gasteiger partial charge in [-0.25, -0.2) is 4.98 Å². The number of nitrogens with zero attached hydrogens (tertiary/aromatic N) is 2. The van der Waals surface area contributed by atoms with Gasteiger partial charge in [0.25, 0.3) is 0 Å². The third-order valence-electron chi connectivity index (χ3n) is 5.34. The van der Waals surface area contributed by atoms with Crippen LogP contribution in [0.1, 0.15) is 66.7 Å². The molecule has 1 aliphatic carbocycles. The Bertz CT molecular complexity index is 1260. The van der Waals surface area contributed by atoms with Gasteiger partial charge >= 0.3 is 0 Å². The molecule has 0 bridgehead atoms. The lowest BCUT2D eigenvalue weighted by Crippen LogP contribution is -1.95. The molecule has 5 rings (SSSR count). The van der Waals surface area contributed by atoms with Crippen molar-refractivity contribution in [3.8, 4) is 11.3 Å². The van der Waals surface area contributed by atoms with E-state index in [1.165, 1.54) is 5.56 Å². The molecule has 1 unspecified atom stereocenters. The summed E-state index contributed by atoms with van der Waals surface area (Å²) in [5, 5.41) is 1.82. The average molecular weight is 359 g/mol. The lowest BCUT2D eigenvalue weighted by Gasteiger charge is -2.07. The number of fused-ring (bicyclic) bond motifs is 3. The molecule has 1 aliphatic rings. The molecule has 1 fully saturated rings. The van der Waals surface area contributed by atoms with Crippen LogP contribution in [-0.4, -0.2) is 9.97 Å². The van der Waals surface area contributed by atoms with Gasteiger partial charge in [-0.1, -0.05) is 38.8 Å². The standard InChI is InChI=1S/C24H24N2O/c1-15(2)17-12-13-25-22(14-17)20-9-5-8-18-19-10-11-21(16-6-3-4-7-16)26-24(19)27-23(18)20/h5,8-16H,3-4,6-7H2,1-2H3/i6D2,16D. The minimum absolute atomic E-state index is 0.387. The first-order valence-electron chi connectivity index (χ1n) is 11.1. The van der Waals surface area contributed by atoms with E-state index in [-0.39, 0.29) is 0 Å². The fourth-order valence-electron chi connectivity index (χ4n) is 3.81. The summed E-state index contributed by atoms with van der Waals surface area (Å²) >= 11 is 0. The predicted octanol–water partition coefficient (Wildman–Crippen LogP) is 6.82. The van der Waals surface area contributed by atoms with Gasteiger partial charge in [0.15, 0.2) is 0 Å². The van der Waals surface area contributed by atoms with E-state index in [9.17, 15) is 0 Å². The first-order chi connectivity index (χ1) is 14.3. The van der Waals surface area contributed by atoms with Crippen molar-refractivity contribution in [1.29, 1.82) is 0 Å². The maximum Gasteiger partial charge on any atom is 0.227 e. The Morgan fingerprint density at radius 2 is 2.07 bits per heavy atom. The van der Waals surface area contributed by atoms with Gasteiger partial charge in [-0.05, 0) is 54.6 Å². The summed E-state index contributed by atoms with van der Waals surface area (Å²) in [7, 11) is 0. The van der Waals surface area contributed by atoms with E-state index in [0.29, 0.717) is 36.6 Å². The van der Waals surface area contributed by atoms with Gasteiger partial charge < -0.3 is 4.42 Å². The summed E-state index contributed by atoms with van der Waals surface area (Å²) < 4.78 is 31.6. The van der Waals surface area contributed by atoms with Gasteiger partial charge in [-0.15, -0.1) is 0 Å². The summed E-state index contributed by atoms with van der Waals surface area (Å²) in [6.45, 7) is 4.31. The third-order valence-corrected chi connectivity index (χ3v) is 5.34. The summed E-state index contributed by atoms with van der Waals surface area (Å²) in [4.78, 5) is 9.19. The molecule has 0 spiro atoms. The molecule has 3 nitrogen and oxygen atoms in total. The first kappa shape index (κ1) is 13.5. The van der Waals surface area contributed by atoms with Crippen molar-refractivity contribution in [3.05, 3.63) is 59.9 Å². The molecule has 3 heteroatoms. The van der Waals surface area contributed by atoms with Crippen LogP contribution in [0.5, 0.6) is 0 Å². The highest BCUT2D eigenvalue weighted by atomic mass is 16.3. The molecule has 1 atom stereocenters. The molecule has 1 aromatic carbocycles. The molecule has 0 aliphatic heterocycles. The number of furan rings is 1. The van der Waals surface area contributed by atoms with Crippen LogP contribution >= 0.6 is 0 Å². The molecular weight excluding hydrogens is 332 g/mol. The van der Waals surface area contributed by atoms with E-state index < -0.39 is 12.3 Å². The first-order valence-corrected chi connectivity index (χ1v) is 9.59. The molecule has 27 heavy (non-hydrogen) atoms. The van der Waals surface area contributed by atoms with E-state index in [0.717, 1.165) is 27.6 Å². The maximum absolute atomic E-state index is 8.79. The van der Waals surface area contributed by atoms with Crippen molar-refractivity contribution >= 4 is 22.1 Å². The van der Waals surface area contributed by atoms with Crippen LogP contribution in [0.2, 0.25) is 0 Å². The second-order valence-corrected chi connectivity index (χ2v) is 7.47. The Kier molecular flexibility index (Phi) is 3.24. The van der Waals surface area contributed by atoms with Crippen LogP contribution in [0.4, 0.5) is 0 Å². The number of pyridine rings is 2. The van der Waals surface area contributed by atoms with E-state index in [1.807, 2.05) is 36.5 Å². The van der Waals surface area contributed by atoms with Crippen LogP contribution in [0.3, 0.4) is 0 Å². The monoisotopic (exact) mass is 359 g/mol. The summed E-state index contributed by atoms with van der Waals surface area (Å²) in [5.41, 5.74) is 4.59. The minimum atomic E-state index is -1.59. The average Bonchev–Trinajstić information content (AvgIpc) is 3.24. The molecule has 0 amide bonds. The van der Waals surface area contributed by atoms with E-state index in [2.05, 4.69) is 29.9 Å². The van der Waals surface area contributed by atoms with Gasteiger partial charge in [0.05, 0.1) is 5.69 Å². The zero-order valence-electron chi connectivity index (χ0n) is 18.6. The summed E-state index contributed by atoms with van der Waals surface area (Å²) in [5.74, 6) is -0.934. The Hall–Kier alpha value is -2.68. The van der Waals surface area contributed by atoms with Gasteiger partial charge in [0.1, 0.15) is 5.58 Å². The largest absolute Gasteiger partial charge is 0.437 e. The molecule has 0 radical (unpaired) electrons. The zero-order valence-corrected chi connectivity index (χ0v) is 15.6. The zero-order chi connectivity index (χ0) is 21.1. The van der Waals surface area contributed by atoms with Crippen LogP contribution in [0.15, 0.2) is 53.1 Å². The minimum Gasteiger partial charge on any atom is -0.437 e. The van der Waals surface area contributed by atoms with Crippen molar-refractivity contribution < 1.29 is 8.53 Å². The fraction of sp³-hybridized carbons (Fsp3) is 0.333. The van der Waals surface area contributed by atoms with Crippen LogP contribution in [-0.2, 0) is 0 Å². The fourth-order valence-corrected chi connectivity index (χ4v) is 3.81. The van der Waals surface area contributed by atoms with Gasteiger partial charge in [0, 0.05) is 38.2 Å². The highest BCUT2D eigenvalue weighted by Crippen LogP contribution is 2.38. The highest BCUT2D eigenvalue weighted by molar-refractivity contribution is 6.08. The van der Waals surface area contributed by atoms with Crippen LogP contribution in [0, 0.1) is 0 Å². The molecule has 136 valence electrons. The molecule has 3 aromatic heterocycles. The smallest absolute Gasteiger partial charge is 0.227 e. The predicted molar refractivity (Wildman–Crippen MR) is 110 cm³/mol. The maximum atomic E-state index is 8.79. The summed E-state index contributed by atoms with van der Waals surface area (Å²) in [6.07, 6.45) is 1.78. The SMILES string of the molecule is [2H]C1([2H])CCCC1([2H])c1ccc2c(n1)oc1c(-c3cc(C(C)C)ccn3)cccc12. The van der Waals surface area contributed by atoms with Crippen molar-refractivity contribution in [2.75, 3.05) is 0 Å². The number of para-hydroxylation sites is 1. The number of benzene rings is 1. The molecule has 3 heterocycles. The van der Waals surface area contributed by atoms with E-state index in [4.69, 9.17) is 8.53 Å². The number of hydrogen-bond donors (Lipinski definition) is 0. The normalized spacial score (nSPS) is 23.6. The Labute approximate surface area is 163 Å². The molecule has 4 aromatic rings. The van der Waals surface area contributed by atoms with E-state index >= 15 is 0 Å². The van der Waals surface area contributed by atoms with Gasteiger partial charge in [-0.3, -0.25) is 4.98 Å². The lowest BCUT2D eigenvalue weighted by atomic mass is 10.0. The Balaban J connectivity index is 1.69. The van der Waals surface area contributed by atoms with Gasteiger partial charge in [0.2, 0.25) is 5.71 Å². The highest BCUT2D eigenvalue weighted by Gasteiger charge is 2.20.